The molecule has 1 amide bonds. The van der Waals surface area contributed by atoms with Crippen molar-refractivity contribution in [2.24, 2.45) is 5.73 Å². The second kappa shape index (κ2) is 9.21. The Morgan fingerprint density at radius 3 is 2.65 bits per heavy atom. The van der Waals surface area contributed by atoms with Gasteiger partial charge < -0.3 is 15.0 Å². The normalized spacial score (nSPS) is 12.4. The lowest BCUT2D eigenvalue weighted by Gasteiger charge is -2.11. The van der Waals surface area contributed by atoms with E-state index in [0.29, 0.717) is 4.90 Å². The molecular weight excluding hydrogens is 435 g/mol. The van der Waals surface area contributed by atoms with E-state index >= 15 is 0 Å². The standard InChI is InChI=1S/C20H16F3N3O4S/c1-11(29-19(28)14-7-2-3-8-15(14)31-10-16(24)27)18-25-17(26-30-18)12-5-4-6-13(9-12)20(21,22)23/h2-9,11H,10H2,1H3,(H2,24,27). The quantitative estimate of drug-likeness (QED) is 0.423. The van der Waals surface area contributed by atoms with Gasteiger partial charge in [0, 0.05) is 10.5 Å². The zero-order valence-electron chi connectivity index (χ0n) is 16.1. The lowest BCUT2D eigenvalue weighted by Crippen LogP contribution is -2.14. The first kappa shape index (κ1) is 22.3. The van der Waals surface area contributed by atoms with Gasteiger partial charge in [0.25, 0.3) is 5.89 Å². The molecular formula is C20H16F3N3O4S. The van der Waals surface area contributed by atoms with Crippen molar-refractivity contribution in [3.8, 4) is 11.4 Å². The molecule has 1 atom stereocenters. The van der Waals surface area contributed by atoms with Crippen molar-refractivity contribution in [2.75, 3.05) is 5.75 Å². The van der Waals surface area contributed by atoms with Gasteiger partial charge >= 0.3 is 12.1 Å². The molecule has 3 rings (SSSR count). The van der Waals surface area contributed by atoms with E-state index in [9.17, 15) is 22.8 Å². The lowest BCUT2D eigenvalue weighted by molar-refractivity contribution is -0.137. The number of alkyl halides is 3. The third kappa shape index (κ3) is 5.63. The Morgan fingerprint density at radius 1 is 1.19 bits per heavy atom. The van der Waals surface area contributed by atoms with Gasteiger partial charge in [0.05, 0.1) is 16.9 Å². The number of amides is 1. The number of thioether (sulfide) groups is 1. The van der Waals surface area contributed by atoms with Crippen LogP contribution in [-0.2, 0) is 15.7 Å². The van der Waals surface area contributed by atoms with Gasteiger partial charge in [0.1, 0.15) is 0 Å². The summed E-state index contributed by atoms with van der Waals surface area (Å²) < 4.78 is 49.1. The fraction of sp³-hybridized carbons (Fsp3) is 0.200. The first-order valence-electron chi connectivity index (χ1n) is 8.87. The highest BCUT2D eigenvalue weighted by Crippen LogP contribution is 2.32. The first-order chi connectivity index (χ1) is 14.6. The van der Waals surface area contributed by atoms with E-state index in [4.69, 9.17) is 15.0 Å². The van der Waals surface area contributed by atoms with E-state index in [1.807, 2.05) is 0 Å². The second-order valence-corrected chi connectivity index (χ2v) is 7.35. The third-order valence-corrected chi connectivity index (χ3v) is 5.09. The molecule has 1 heterocycles. The van der Waals surface area contributed by atoms with Gasteiger partial charge in [-0.25, -0.2) is 4.79 Å². The SMILES string of the molecule is CC(OC(=O)c1ccccc1SCC(N)=O)c1nc(-c2cccc(C(F)(F)F)c2)no1. The van der Waals surface area contributed by atoms with E-state index in [1.165, 1.54) is 25.1 Å². The predicted octanol–water partition coefficient (Wildman–Crippen LogP) is 4.25. The molecule has 1 unspecified atom stereocenters. The molecule has 31 heavy (non-hydrogen) atoms. The van der Waals surface area contributed by atoms with Gasteiger partial charge in [0.2, 0.25) is 11.7 Å². The van der Waals surface area contributed by atoms with Gasteiger partial charge in [0.15, 0.2) is 6.10 Å². The topological polar surface area (TPSA) is 108 Å². The molecule has 0 spiro atoms. The average Bonchev–Trinajstić information content (AvgIpc) is 3.22. The van der Waals surface area contributed by atoms with Gasteiger partial charge in [-0.15, -0.1) is 11.8 Å². The number of carbonyl (C=O) groups excluding carboxylic acids is 2. The molecule has 0 fully saturated rings. The Labute approximate surface area is 178 Å². The number of rotatable bonds is 7. The molecule has 0 aliphatic heterocycles. The van der Waals surface area contributed by atoms with Crippen LogP contribution in [0.4, 0.5) is 13.2 Å². The Morgan fingerprint density at radius 2 is 1.94 bits per heavy atom. The number of hydrogen-bond acceptors (Lipinski definition) is 7. The Kier molecular flexibility index (Phi) is 6.64. The summed E-state index contributed by atoms with van der Waals surface area (Å²) in [6.45, 7) is 1.49. The Hall–Kier alpha value is -3.34. The predicted molar refractivity (Wildman–Crippen MR) is 105 cm³/mol. The van der Waals surface area contributed by atoms with Crippen molar-refractivity contribution < 1.29 is 32.0 Å². The number of aromatic nitrogens is 2. The van der Waals surface area contributed by atoms with E-state index in [2.05, 4.69) is 10.1 Å². The number of carbonyl (C=O) groups is 2. The smallest absolute Gasteiger partial charge is 0.416 e. The molecule has 0 bridgehead atoms. The van der Waals surface area contributed by atoms with Crippen LogP contribution in [0.1, 0.15) is 34.8 Å². The minimum absolute atomic E-state index is 0.0101. The number of esters is 1. The van der Waals surface area contributed by atoms with E-state index in [0.717, 1.165) is 23.9 Å². The van der Waals surface area contributed by atoms with Gasteiger partial charge in [-0.3, -0.25) is 4.79 Å². The maximum Gasteiger partial charge on any atom is 0.416 e. The number of primary amides is 1. The molecule has 0 saturated carbocycles. The van der Waals surface area contributed by atoms with Gasteiger partial charge in [-0.1, -0.05) is 29.4 Å². The molecule has 1 aromatic heterocycles. The van der Waals surface area contributed by atoms with Crippen molar-refractivity contribution in [1.82, 2.24) is 10.1 Å². The summed E-state index contributed by atoms with van der Waals surface area (Å²) in [4.78, 5) is 28.1. The summed E-state index contributed by atoms with van der Waals surface area (Å²) in [6, 6.07) is 11.0. The lowest BCUT2D eigenvalue weighted by atomic mass is 10.1. The van der Waals surface area contributed by atoms with Gasteiger partial charge in [-0.05, 0) is 31.2 Å². The number of nitrogens with zero attached hydrogens (tertiary/aromatic N) is 2. The zero-order valence-corrected chi connectivity index (χ0v) is 16.9. The fourth-order valence-corrected chi connectivity index (χ4v) is 3.32. The molecule has 11 heteroatoms. The van der Waals surface area contributed by atoms with Crippen molar-refractivity contribution in [3.63, 3.8) is 0 Å². The minimum atomic E-state index is -4.51. The summed E-state index contributed by atoms with van der Waals surface area (Å²) in [5.41, 5.74) is 4.62. The number of halogens is 3. The van der Waals surface area contributed by atoms with Crippen LogP contribution in [0.15, 0.2) is 57.9 Å². The average molecular weight is 451 g/mol. The molecule has 7 nitrogen and oxygen atoms in total. The minimum Gasteiger partial charge on any atom is -0.449 e. The van der Waals surface area contributed by atoms with E-state index < -0.39 is 29.7 Å². The van der Waals surface area contributed by atoms with Crippen molar-refractivity contribution in [3.05, 3.63) is 65.5 Å². The molecule has 2 aromatic carbocycles. The fourth-order valence-electron chi connectivity index (χ4n) is 2.54. The van der Waals surface area contributed by atoms with E-state index in [1.54, 1.807) is 18.2 Å². The van der Waals surface area contributed by atoms with Crippen molar-refractivity contribution >= 4 is 23.6 Å². The number of ether oxygens (including phenoxy) is 1. The summed E-state index contributed by atoms with van der Waals surface area (Å²) in [7, 11) is 0. The molecule has 0 radical (unpaired) electrons. The van der Waals surface area contributed by atoms with Crippen LogP contribution < -0.4 is 5.73 Å². The Balaban J connectivity index is 1.74. The van der Waals surface area contributed by atoms with Crippen molar-refractivity contribution in [1.29, 1.82) is 0 Å². The van der Waals surface area contributed by atoms with Crippen LogP contribution in [0.5, 0.6) is 0 Å². The summed E-state index contributed by atoms with van der Waals surface area (Å²) >= 11 is 1.09. The highest BCUT2D eigenvalue weighted by molar-refractivity contribution is 8.00. The van der Waals surface area contributed by atoms with Crippen LogP contribution in [0.3, 0.4) is 0 Å². The van der Waals surface area contributed by atoms with Crippen LogP contribution >= 0.6 is 11.8 Å². The second-order valence-electron chi connectivity index (χ2n) is 6.33. The Bertz CT molecular complexity index is 1100. The van der Waals surface area contributed by atoms with Crippen LogP contribution in [0, 0.1) is 0 Å². The molecule has 162 valence electrons. The van der Waals surface area contributed by atoms with Gasteiger partial charge in [-0.2, -0.15) is 18.2 Å². The monoisotopic (exact) mass is 451 g/mol. The summed E-state index contributed by atoms with van der Waals surface area (Å²) in [5, 5.41) is 3.68. The molecule has 0 aliphatic carbocycles. The summed E-state index contributed by atoms with van der Waals surface area (Å²) in [5.74, 6) is -1.39. The van der Waals surface area contributed by atoms with Crippen LogP contribution in [0.2, 0.25) is 0 Å². The summed E-state index contributed by atoms with van der Waals surface area (Å²) in [6.07, 6.45) is -5.47. The maximum atomic E-state index is 12.9. The number of nitrogens with two attached hydrogens (primary N) is 1. The van der Waals surface area contributed by atoms with Crippen LogP contribution in [0.25, 0.3) is 11.4 Å². The molecule has 0 saturated heterocycles. The number of benzene rings is 2. The largest absolute Gasteiger partial charge is 0.449 e. The van der Waals surface area contributed by atoms with Crippen LogP contribution in [-0.4, -0.2) is 27.8 Å². The first-order valence-corrected chi connectivity index (χ1v) is 9.86. The molecule has 3 aromatic rings. The highest BCUT2D eigenvalue weighted by Gasteiger charge is 2.31. The third-order valence-electron chi connectivity index (χ3n) is 4.00. The van der Waals surface area contributed by atoms with E-state index in [-0.39, 0.29) is 28.6 Å². The highest BCUT2D eigenvalue weighted by atomic mass is 32.2. The number of hydrogen-bond donors (Lipinski definition) is 1. The molecule has 2 N–H and O–H groups in total. The molecule has 0 aliphatic rings. The maximum absolute atomic E-state index is 12.9. The van der Waals surface area contributed by atoms with Crippen molar-refractivity contribution in [2.45, 2.75) is 24.1 Å². The zero-order chi connectivity index (χ0) is 22.6.